The molecular formula is C25H30F6N6O4S. The third-order valence-electron chi connectivity index (χ3n) is 7.01. The van der Waals surface area contributed by atoms with Crippen molar-refractivity contribution in [3.05, 3.63) is 46.3 Å². The van der Waals surface area contributed by atoms with Crippen LogP contribution in [0, 0.1) is 6.92 Å². The molecule has 0 radical (unpaired) electrons. The molecule has 0 amide bonds. The van der Waals surface area contributed by atoms with Gasteiger partial charge in [-0.3, -0.25) is 14.5 Å². The highest BCUT2D eigenvalue weighted by Crippen LogP contribution is 2.41. The molecule has 1 spiro atoms. The van der Waals surface area contributed by atoms with Crippen molar-refractivity contribution in [2.75, 3.05) is 26.7 Å². The Balaban J connectivity index is 0.000000289. The van der Waals surface area contributed by atoms with E-state index in [4.69, 9.17) is 24.8 Å². The normalized spacial score (nSPS) is 17.1. The molecule has 2 aliphatic rings. The smallest absolute Gasteiger partial charge is 0.475 e. The molecule has 10 nitrogen and oxygen atoms in total. The van der Waals surface area contributed by atoms with E-state index in [0.29, 0.717) is 0 Å². The number of carbonyl (C=O) groups is 2. The minimum atomic E-state index is -5.08. The number of hydrogen-bond donors (Lipinski definition) is 2. The molecule has 232 valence electrons. The van der Waals surface area contributed by atoms with Gasteiger partial charge >= 0.3 is 24.3 Å². The van der Waals surface area contributed by atoms with E-state index in [0.717, 1.165) is 51.1 Å². The number of hydrogen-bond acceptors (Lipinski definition) is 7. The zero-order valence-corrected chi connectivity index (χ0v) is 23.7. The summed E-state index contributed by atoms with van der Waals surface area (Å²) in [5.41, 5.74) is 2.42. The van der Waals surface area contributed by atoms with E-state index in [9.17, 15) is 26.3 Å². The second-order valence-electron chi connectivity index (χ2n) is 9.87. The number of aryl methyl sites for hydroxylation is 2. The standard InChI is InChI=1S/C21H28N6S.2C2HF3O2/c1-16-4-5-18(28-16)15-26-8-6-21(7-9-26)20-22-13-19(17-12-23-25(3)14-17)27(20)11-10-24(21)2;2*3-2(4,5)1(6)7/h4-5,12-14H,6-11,15H2,1-3H3;2*(H,6,7). The van der Waals surface area contributed by atoms with Crippen LogP contribution in [0.25, 0.3) is 11.3 Å². The summed E-state index contributed by atoms with van der Waals surface area (Å²) in [6.45, 7) is 7.58. The van der Waals surface area contributed by atoms with Crippen molar-refractivity contribution in [2.45, 2.75) is 50.7 Å². The number of carboxylic acid groups (broad SMARTS) is 2. The number of nitrogens with zero attached hydrogens (tertiary/aromatic N) is 6. The molecule has 0 saturated carbocycles. The highest BCUT2D eigenvalue weighted by molar-refractivity contribution is 7.11. The van der Waals surface area contributed by atoms with Crippen molar-refractivity contribution in [3.63, 3.8) is 0 Å². The first kappa shape index (κ1) is 33.1. The highest BCUT2D eigenvalue weighted by Gasteiger charge is 2.45. The number of halogens is 6. The lowest BCUT2D eigenvalue weighted by atomic mass is 9.83. The number of fused-ring (bicyclic) bond motifs is 2. The molecule has 5 heterocycles. The van der Waals surface area contributed by atoms with Gasteiger partial charge in [-0.1, -0.05) is 0 Å². The van der Waals surface area contributed by atoms with Crippen molar-refractivity contribution >= 4 is 23.3 Å². The highest BCUT2D eigenvalue weighted by atomic mass is 32.1. The average Bonchev–Trinajstić information content (AvgIpc) is 3.62. The van der Waals surface area contributed by atoms with E-state index in [1.165, 1.54) is 21.3 Å². The topological polar surface area (TPSA) is 117 Å². The number of aromatic nitrogens is 4. The maximum absolute atomic E-state index is 10.6. The fourth-order valence-electron chi connectivity index (χ4n) is 4.87. The summed E-state index contributed by atoms with van der Waals surface area (Å²) < 4.78 is 67.8. The number of alkyl halides is 6. The molecule has 42 heavy (non-hydrogen) atoms. The number of likely N-dealkylation sites (N-methyl/N-ethyl adjacent to an activating group) is 1. The first-order valence-electron chi connectivity index (χ1n) is 12.6. The summed E-state index contributed by atoms with van der Waals surface area (Å²) in [6.07, 6.45) is -1.81. The largest absolute Gasteiger partial charge is 0.490 e. The maximum atomic E-state index is 10.6. The van der Waals surface area contributed by atoms with Crippen molar-refractivity contribution < 1.29 is 46.1 Å². The fraction of sp³-hybridized carbons (Fsp3) is 0.520. The van der Waals surface area contributed by atoms with E-state index in [1.54, 1.807) is 0 Å². The Kier molecular flexibility index (Phi) is 10.1. The Morgan fingerprint density at radius 3 is 1.98 bits per heavy atom. The first-order valence-corrected chi connectivity index (χ1v) is 13.4. The monoisotopic (exact) mass is 624 g/mol. The summed E-state index contributed by atoms with van der Waals surface area (Å²) in [5, 5.41) is 18.6. The Hall–Kier alpha value is -3.44. The van der Waals surface area contributed by atoms with Crippen LogP contribution in [0.1, 0.15) is 28.4 Å². The number of aliphatic carboxylic acids is 2. The van der Waals surface area contributed by atoms with Gasteiger partial charge in [0.25, 0.3) is 0 Å². The van der Waals surface area contributed by atoms with E-state index < -0.39 is 24.3 Å². The van der Waals surface area contributed by atoms with Gasteiger partial charge in [-0.15, -0.1) is 11.3 Å². The van der Waals surface area contributed by atoms with E-state index in [-0.39, 0.29) is 5.54 Å². The van der Waals surface area contributed by atoms with Gasteiger partial charge in [0.15, 0.2) is 0 Å². The lowest BCUT2D eigenvalue weighted by Crippen LogP contribution is -2.56. The Morgan fingerprint density at radius 2 is 1.52 bits per heavy atom. The number of piperidine rings is 1. The molecule has 1 saturated heterocycles. The zero-order valence-electron chi connectivity index (χ0n) is 22.9. The van der Waals surface area contributed by atoms with Gasteiger partial charge < -0.3 is 14.8 Å². The minimum Gasteiger partial charge on any atom is -0.475 e. The lowest BCUT2D eigenvalue weighted by Gasteiger charge is -2.49. The fourth-order valence-corrected chi connectivity index (χ4v) is 5.80. The van der Waals surface area contributed by atoms with Gasteiger partial charge in [-0.2, -0.15) is 31.4 Å². The molecule has 0 atom stereocenters. The van der Waals surface area contributed by atoms with Crippen LogP contribution in [0.15, 0.2) is 30.7 Å². The van der Waals surface area contributed by atoms with Crippen LogP contribution in [-0.2, 0) is 35.3 Å². The number of carboxylic acids is 2. The van der Waals surface area contributed by atoms with Gasteiger partial charge in [0.1, 0.15) is 5.82 Å². The molecular weight excluding hydrogens is 594 g/mol. The summed E-state index contributed by atoms with van der Waals surface area (Å²) in [5.74, 6) is -4.27. The van der Waals surface area contributed by atoms with Crippen LogP contribution in [0.3, 0.4) is 0 Å². The Labute approximate surface area is 240 Å². The number of thiophene rings is 1. The van der Waals surface area contributed by atoms with E-state index in [2.05, 4.69) is 51.8 Å². The first-order chi connectivity index (χ1) is 19.4. The minimum absolute atomic E-state index is 0.0561. The van der Waals surface area contributed by atoms with Crippen molar-refractivity contribution in [2.24, 2.45) is 7.05 Å². The van der Waals surface area contributed by atoms with E-state index >= 15 is 0 Å². The van der Waals surface area contributed by atoms with Crippen molar-refractivity contribution in [1.29, 1.82) is 0 Å². The SMILES string of the molecule is Cc1ccc(CN2CCC3(CC2)c2ncc(-c4cnn(C)c4)n2CCN3C)s1.O=C(O)C(F)(F)F.O=C(O)C(F)(F)F. The van der Waals surface area contributed by atoms with Crippen LogP contribution in [0.4, 0.5) is 26.3 Å². The summed E-state index contributed by atoms with van der Waals surface area (Å²) >= 11 is 1.92. The molecule has 0 unspecified atom stereocenters. The van der Waals surface area contributed by atoms with Crippen LogP contribution >= 0.6 is 11.3 Å². The van der Waals surface area contributed by atoms with Crippen LogP contribution in [-0.4, -0.2) is 90.3 Å². The van der Waals surface area contributed by atoms with Crippen LogP contribution in [0.2, 0.25) is 0 Å². The maximum Gasteiger partial charge on any atom is 0.490 e. The second-order valence-corrected chi connectivity index (χ2v) is 11.2. The molecule has 0 bridgehead atoms. The molecule has 17 heteroatoms. The molecule has 0 aliphatic carbocycles. The van der Waals surface area contributed by atoms with Crippen molar-refractivity contribution in [1.82, 2.24) is 29.1 Å². The zero-order chi connectivity index (χ0) is 31.5. The molecule has 5 rings (SSSR count). The summed E-state index contributed by atoms with van der Waals surface area (Å²) in [4.78, 5) is 30.8. The number of imidazole rings is 1. The van der Waals surface area contributed by atoms with Gasteiger partial charge in [-0.25, -0.2) is 14.6 Å². The van der Waals surface area contributed by atoms with Gasteiger partial charge in [0.2, 0.25) is 0 Å². The van der Waals surface area contributed by atoms with E-state index in [1.807, 2.05) is 35.5 Å². The molecule has 1 fully saturated rings. The number of rotatable bonds is 3. The molecule has 2 aliphatic heterocycles. The molecule has 0 aromatic carbocycles. The number of likely N-dealkylation sites (tertiary alicyclic amines) is 1. The predicted molar refractivity (Wildman–Crippen MR) is 140 cm³/mol. The Bertz CT molecular complexity index is 1350. The average molecular weight is 625 g/mol. The summed E-state index contributed by atoms with van der Waals surface area (Å²) in [7, 11) is 4.25. The quantitative estimate of drug-likeness (QED) is 0.413. The predicted octanol–water partition coefficient (Wildman–Crippen LogP) is 4.36. The molecule has 3 aromatic heterocycles. The van der Waals surface area contributed by atoms with Crippen LogP contribution < -0.4 is 0 Å². The molecule has 3 aromatic rings. The Morgan fingerprint density at radius 1 is 0.952 bits per heavy atom. The molecule has 2 N–H and O–H groups in total. The second kappa shape index (κ2) is 12.8. The van der Waals surface area contributed by atoms with Gasteiger partial charge in [0.05, 0.1) is 23.6 Å². The van der Waals surface area contributed by atoms with Crippen LogP contribution in [0.5, 0.6) is 0 Å². The van der Waals surface area contributed by atoms with Gasteiger partial charge in [-0.05, 0) is 38.9 Å². The lowest BCUT2D eigenvalue weighted by molar-refractivity contribution is -0.193. The van der Waals surface area contributed by atoms with Gasteiger partial charge in [0, 0.05) is 61.3 Å². The third kappa shape index (κ3) is 7.89. The van der Waals surface area contributed by atoms with Crippen molar-refractivity contribution in [3.8, 4) is 11.3 Å². The summed E-state index contributed by atoms with van der Waals surface area (Å²) in [6, 6.07) is 4.51. The third-order valence-corrected chi connectivity index (χ3v) is 7.99.